The fourth-order valence-corrected chi connectivity index (χ4v) is 3.97. The second-order valence-corrected chi connectivity index (χ2v) is 7.35. The molecule has 0 radical (unpaired) electrons. The number of fused-ring (bicyclic) bond motifs is 2. The summed E-state index contributed by atoms with van der Waals surface area (Å²) >= 11 is 1.41. The number of aryl methyl sites for hydroxylation is 2. The molecule has 7 nitrogen and oxygen atoms in total. The zero-order valence-electron chi connectivity index (χ0n) is 15.0. The van der Waals surface area contributed by atoms with Crippen LogP contribution in [0, 0.1) is 6.92 Å². The minimum Gasteiger partial charge on any atom is -0.442 e. The molecule has 0 aliphatic rings. The molecule has 0 aliphatic heterocycles. The lowest BCUT2D eigenvalue weighted by Crippen LogP contribution is -2.16. The standard InChI is InChI=1S/C19H18N4O3S/c1-3-4-5-11-6-7-12-13(8-11)27-19(22-12)23-17(25)14-10(2)26-18-15(14)16(24)20-9-21-18/h6-9H,3-5H2,1-2H3,(H,20,21,24)(H,22,23,25). The molecule has 27 heavy (non-hydrogen) atoms. The summed E-state index contributed by atoms with van der Waals surface area (Å²) in [4.78, 5) is 35.8. The number of H-pyrrole nitrogens is 1. The summed E-state index contributed by atoms with van der Waals surface area (Å²) in [7, 11) is 0. The molecular formula is C19H18N4O3S. The molecule has 4 rings (SSSR count). The summed E-state index contributed by atoms with van der Waals surface area (Å²) in [6.07, 6.45) is 4.57. The van der Waals surface area contributed by atoms with Crippen molar-refractivity contribution < 1.29 is 9.21 Å². The maximum atomic E-state index is 12.8. The number of amides is 1. The van der Waals surface area contributed by atoms with Crippen molar-refractivity contribution in [3.05, 3.63) is 51.8 Å². The molecule has 0 atom stereocenters. The van der Waals surface area contributed by atoms with Gasteiger partial charge in [0.15, 0.2) is 5.13 Å². The number of thiazole rings is 1. The summed E-state index contributed by atoms with van der Waals surface area (Å²) in [5.41, 5.74) is 2.02. The van der Waals surface area contributed by atoms with Gasteiger partial charge >= 0.3 is 0 Å². The van der Waals surface area contributed by atoms with Gasteiger partial charge in [0, 0.05) is 0 Å². The predicted octanol–water partition coefficient (Wildman–Crippen LogP) is 4.03. The quantitative estimate of drug-likeness (QED) is 0.543. The fourth-order valence-electron chi connectivity index (χ4n) is 3.05. The third-order valence-electron chi connectivity index (χ3n) is 4.39. The van der Waals surface area contributed by atoms with Gasteiger partial charge in [0.1, 0.15) is 11.1 Å². The number of hydrogen-bond donors (Lipinski definition) is 2. The monoisotopic (exact) mass is 382 g/mol. The molecule has 0 fully saturated rings. The molecular weight excluding hydrogens is 364 g/mol. The highest BCUT2D eigenvalue weighted by Crippen LogP contribution is 2.29. The Morgan fingerprint density at radius 1 is 1.37 bits per heavy atom. The van der Waals surface area contributed by atoms with E-state index in [9.17, 15) is 9.59 Å². The molecule has 0 saturated carbocycles. The zero-order chi connectivity index (χ0) is 19.0. The number of nitrogens with one attached hydrogen (secondary N) is 2. The molecule has 8 heteroatoms. The van der Waals surface area contributed by atoms with Gasteiger partial charge < -0.3 is 9.40 Å². The molecule has 3 aromatic heterocycles. The molecule has 1 aromatic carbocycles. The van der Waals surface area contributed by atoms with Crippen molar-refractivity contribution in [3.63, 3.8) is 0 Å². The largest absolute Gasteiger partial charge is 0.442 e. The van der Waals surface area contributed by atoms with Crippen LogP contribution < -0.4 is 10.9 Å². The SMILES string of the molecule is CCCCc1ccc2nc(NC(=O)c3c(C)oc4nc[nH]c(=O)c34)sc2c1. The van der Waals surface area contributed by atoms with Crippen LogP contribution in [0.4, 0.5) is 5.13 Å². The maximum absolute atomic E-state index is 12.8. The lowest BCUT2D eigenvalue weighted by atomic mass is 10.1. The molecule has 0 aliphatic carbocycles. The lowest BCUT2D eigenvalue weighted by Gasteiger charge is -1.99. The highest BCUT2D eigenvalue weighted by molar-refractivity contribution is 7.22. The van der Waals surface area contributed by atoms with Crippen LogP contribution >= 0.6 is 11.3 Å². The van der Waals surface area contributed by atoms with E-state index >= 15 is 0 Å². The number of nitrogens with zero attached hydrogens (tertiary/aromatic N) is 2. The normalized spacial score (nSPS) is 11.3. The topological polar surface area (TPSA) is 101 Å². The molecule has 3 heterocycles. The van der Waals surface area contributed by atoms with Gasteiger partial charge in [0.25, 0.3) is 11.5 Å². The number of carbonyl (C=O) groups is 1. The first-order chi connectivity index (χ1) is 13.1. The molecule has 1 amide bonds. The molecule has 4 aromatic rings. The van der Waals surface area contributed by atoms with Crippen molar-refractivity contribution in [2.24, 2.45) is 0 Å². The molecule has 138 valence electrons. The van der Waals surface area contributed by atoms with E-state index in [0.29, 0.717) is 10.9 Å². The fraction of sp³-hybridized carbons (Fsp3) is 0.263. The number of rotatable bonds is 5. The van der Waals surface area contributed by atoms with Crippen LogP contribution in [0.3, 0.4) is 0 Å². The molecule has 0 spiro atoms. The van der Waals surface area contributed by atoms with Gasteiger partial charge in [0.2, 0.25) is 5.71 Å². The van der Waals surface area contributed by atoms with Gasteiger partial charge in [-0.3, -0.25) is 14.9 Å². The van der Waals surface area contributed by atoms with E-state index in [1.165, 1.54) is 23.2 Å². The van der Waals surface area contributed by atoms with Gasteiger partial charge in [0.05, 0.1) is 22.1 Å². The molecule has 0 saturated heterocycles. The maximum Gasteiger partial charge on any atom is 0.262 e. The van der Waals surface area contributed by atoms with Crippen molar-refractivity contribution in [2.45, 2.75) is 33.1 Å². The van der Waals surface area contributed by atoms with Crippen molar-refractivity contribution >= 4 is 43.7 Å². The Hall–Kier alpha value is -3.00. The first-order valence-electron chi connectivity index (χ1n) is 8.74. The van der Waals surface area contributed by atoms with Crippen LogP contribution in [0.15, 0.2) is 33.7 Å². The van der Waals surface area contributed by atoms with Crippen LogP contribution in [0.25, 0.3) is 21.3 Å². The number of anilines is 1. The summed E-state index contributed by atoms with van der Waals surface area (Å²) in [6.45, 7) is 3.80. The second kappa shape index (κ2) is 6.96. The van der Waals surface area contributed by atoms with Crippen molar-refractivity contribution in [2.75, 3.05) is 5.32 Å². The molecule has 0 unspecified atom stereocenters. The number of unbranched alkanes of at least 4 members (excludes halogenated alkanes) is 1. The number of furan rings is 1. The summed E-state index contributed by atoms with van der Waals surface area (Å²) in [6, 6.07) is 6.16. The van der Waals surface area contributed by atoms with E-state index < -0.39 is 11.5 Å². The minimum atomic E-state index is -0.435. The number of benzene rings is 1. The van der Waals surface area contributed by atoms with Crippen molar-refractivity contribution in [1.29, 1.82) is 0 Å². The smallest absolute Gasteiger partial charge is 0.262 e. The minimum absolute atomic E-state index is 0.145. The Labute approximate surface area is 158 Å². The summed E-state index contributed by atoms with van der Waals surface area (Å²) < 4.78 is 6.46. The third-order valence-corrected chi connectivity index (χ3v) is 5.32. The highest BCUT2D eigenvalue weighted by Gasteiger charge is 2.22. The van der Waals surface area contributed by atoms with Gasteiger partial charge in [-0.1, -0.05) is 30.7 Å². The lowest BCUT2D eigenvalue weighted by molar-refractivity contribution is 0.102. The van der Waals surface area contributed by atoms with Crippen LogP contribution in [0.1, 0.15) is 41.4 Å². The molecule has 0 bridgehead atoms. The number of carbonyl (C=O) groups excluding carboxylic acids is 1. The van der Waals surface area contributed by atoms with Gasteiger partial charge in [-0.15, -0.1) is 0 Å². The van der Waals surface area contributed by atoms with Gasteiger partial charge in [-0.2, -0.15) is 0 Å². The first-order valence-corrected chi connectivity index (χ1v) is 9.56. The number of hydrogen-bond acceptors (Lipinski definition) is 6. The summed E-state index contributed by atoms with van der Waals surface area (Å²) in [5, 5.41) is 3.42. The van der Waals surface area contributed by atoms with Crippen molar-refractivity contribution in [1.82, 2.24) is 15.0 Å². The van der Waals surface area contributed by atoms with E-state index in [4.69, 9.17) is 4.42 Å². The Balaban J connectivity index is 1.65. The highest BCUT2D eigenvalue weighted by atomic mass is 32.1. The van der Waals surface area contributed by atoms with E-state index in [2.05, 4.69) is 39.3 Å². The number of aromatic nitrogens is 3. The van der Waals surface area contributed by atoms with Gasteiger partial charge in [-0.25, -0.2) is 9.97 Å². The zero-order valence-corrected chi connectivity index (χ0v) is 15.8. The van der Waals surface area contributed by atoms with Crippen LogP contribution in [-0.2, 0) is 6.42 Å². The number of aromatic amines is 1. The first kappa shape index (κ1) is 17.4. The van der Waals surface area contributed by atoms with E-state index in [1.807, 2.05) is 6.07 Å². The van der Waals surface area contributed by atoms with Crippen LogP contribution in [0.5, 0.6) is 0 Å². The predicted molar refractivity (Wildman–Crippen MR) is 106 cm³/mol. The van der Waals surface area contributed by atoms with E-state index in [1.54, 1.807) is 6.92 Å². The van der Waals surface area contributed by atoms with Crippen LogP contribution in [-0.4, -0.2) is 20.9 Å². The summed E-state index contributed by atoms with van der Waals surface area (Å²) in [5.74, 6) is -0.0929. The Bertz CT molecular complexity index is 1200. The van der Waals surface area contributed by atoms with Crippen LogP contribution in [0.2, 0.25) is 0 Å². The van der Waals surface area contributed by atoms with E-state index in [-0.39, 0.29) is 16.7 Å². The Morgan fingerprint density at radius 2 is 2.22 bits per heavy atom. The average Bonchev–Trinajstić information content (AvgIpc) is 3.19. The molecule has 2 N–H and O–H groups in total. The van der Waals surface area contributed by atoms with Gasteiger partial charge in [-0.05, 0) is 37.5 Å². The average molecular weight is 382 g/mol. The third kappa shape index (κ3) is 3.23. The second-order valence-electron chi connectivity index (χ2n) is 6.32. The Kier molecular flexibility index (Phi) is 4.49. The Morgan fingerprint density at radius 3 is 3.04 bits per heavy atom. The van der Waals surface area contributed by atoms with Crippen molar-refractivity contribution in [3.8, 4) is 0 Å². The van der Waals surface area contributed by atoms with E-state index in [0.717, 1.165) is 29.5 Å².